The quantitative estimate of drug-likeness (QED) is 0.560. The van der Waals surface area contributed by atoms with Gasteiger partial charge in [-0.1, -0.05) is 12.2 Å². The van der Waals surface area contributed by atoms with Gasteiger partial charge in [-0.05, 0) is 13.8 Å². The van der Waals surface area contributed by atoms with E-state index in [2.05, 4.69) is 37.6 Å². The molecule has 0 aromatic heterocycles. The van der Waals surface area contributed by atoms with Gasteiger partial charge in [0.2, 0.25) is 0 Å². The maximum Gasteiger partial charge on any atom is 0.0193 e. The lowest BCUT2D eigenvalue weighted by Gasteiger charge is -2.21. The Morgan fingerprint density at radius 1 is 1.00 bits per heavy atom. The highest BCUT2D eigenvalue weighted by Crippen LogP contribution is 1.90. The van der Waals surface area contributed by atoms with Crippen molar-refractivity contribution in [2.75, 3.05) is 13.1 Å². The van der Waals surface area contributed by atoms with Crippen LogP contribution in [-0.2, 0) is 0 Å². The van der Waals surface area contributed by atoms with Crippen LogP contribution < -0.4 is 10.6 Å². The zero-order chi connectivity index (χ0) is 9.40. The Morgan fingerprint density at radius 2 is 1.33 bits per heavy atom. The van der Waals surface area contributed by atoms with Gasteiger partial charge < -0.3 is 10.6 Å². The summed E-state index contributed by atoms with van der Waals surface area (Å²) in [6, 6.07) is 0.922. The standard InChI is InChI=1S/C10H20N2/c1-5-7-11-9(3)10(4)12-8-6-2/h5-6,9-12H,1-2,7-8H2,3-4H3. The monoisotopic (exact) mass is 168 g/mol. The van der Waals surface area contributed by atoms with Gasteiger partial charge in [0.25, 0.3) is 0 Å². The Balaban J connectivity index is 3.52. The molecule has 2 N–H and O–H groups in total. The lowest BCUT2D eigenvalue weighted by atomic mass is 10.1. The molecule has 0 aliphatic rings. The maximum absolute atomic E-state index is 3.66. The van der Waals surface area contributed by atoms with Crippen molar-refractivity contribution in [2.24, 2.45) is 0 Å². The molecule has 0 bridgehead atoms. The molecule has 0 aliphatic carbocycles. The van der Waals surface area contributed by atoms with Gasteiger partial charge in [-0.25, -0.2) is 0 Å². The summed E-state index contributed by atoms with van der Waals surface area (Å²) in [6.45, 7) is 13.3. The summed E-state index contributed by atoms with van der Waals surface area (Å²) < 4.78 is 0. The summed E-state index contributed by atoms with van der Waals surface area (Å²) in [6.07, 6.45) is 3.74. The Bertz CT molecular complexity index is 116. The van der Waals surface area contributed by atoms with Gasteiger partial charge in [-0.2, -0.15) is 0 Å². The minimum Gasteiger partial charge on any atom is -0.309 e. The molecule has 0 radical (unpaired) electrons. The highest BCUT2D eigenvalue weighted by atomic mass is 15.0. The summed E-state index contributed by atoms with van der Waals surface area (Å²) in [5.41, 5.74) is 0. The lowest BCUT2D eigenvalue weighted by molar-refractivity contribution is 0.436. The average Bonchev–Trinajstić information content (AvgIpc) is 2.10. The highest BCUT2D eigenvalue weighted by molar-refractivity contribution is 4.81. The predicted molar refractivity (Wildman–Crippen MR) is 55.3 cm³/mol. The number of hydrogen-bond donors (Lipinski definition) is 2. The van der Waals surface area contributed by atoms with E-state index in [9.17, 15) is 0 Å². The fourth-order valence-electron chi connectivity index (χ4n) is 0.892. The number of rotatable bonds is 7. The van der Waals surface area contributed by atoms with E-state index in [0.717, 1.165) is 13.1 Å². The molecule has 0 rings (SSSR count). The van der Waals surface area contributed by atoms with Crippen LogP contribution in [0, 0.1) is 0 Å². The molecule has 2 unspecified atom stereocenters. The van der Waals surface area contributed by atoms with Crippen LogP contribution in [0.4, 0.5) is 0 Å². The molecule has 0 aliphatic heterocycles. The molecule has 0 aromatic rings. The molecule has 0 fully saturated rings. The van der Waals surface area contributed by atoms with Gasteiger partial charge in [-0.15, -0.1) is 13.2 Å². The van der Waals surface area contributed by atoms with Gasteiger partial charge in [0.1, 0.15) is 0 Å². The van der Waals surface area contributed by atoms with Crippen LogP contribution in [0.5, 0.6) is 0 Å². The first kappa shape index (κ1) is 11.4. The molecule has 0 saturated heterocycles. The van der Waals surface area contributed by atoms with E-state index >= 15 is 0 Å². The molecular weight excluding hydrogens is 148 g/mol. The van der Waals surface area contributed by atoms with E-state index in [1.165, 1.54) is 0 Å². The van der Waals surface area contributed by atoms with Crippen molar-refractivity contribution >= 4 is 0 Å². The van der Waals surface area contributed by atoms with Gasteiger partial charge in [0.05, 0.1) is 0 Å². The third kappa shape index (κ3) is 5.10. The molecule has 2 atom stereocenters. The molecule has 0 amide bonds. The van der Waals surface area contributed by atoms with E-state index in [-0.39, 0.29) is 0 Å². The highest BCUT2D eigenvalue weighted by Gasteiger charge is 2.08. The van der Waals surface area contributed by atoms with Gasteiger partial charge in [-0.3, -0.25) is 0 Å². The molecule has 0 aromatic carbocycles. The molecule has 2 heteroatoms. The number of nitrogens with one attached hydrogen (secondary N) is 2. The smallest absolute Gasteiger partial charge is 0.0193 e. The molecule has 12 heavy (non-hydrogen) atoms. The van der Waals surface area contributed by atoms with Crippen molar-refractivity contribution in [3.63, 3.8) is 0 Å². The topological polar surface area (TPSA) is 24.1 Å². The van der Waals surface area contributed by atoms with Gasteiger partial charge >= 0.3 is 0 Å². The normalized spacial score (nSPS) is 15.2. The summed E-state index contributed by atoms with van der Waals surface area (Å²) in [7, 11) is 0. The van der Waals surface area contributed by atoms with Crippen LogP contribution in [0.25, 0.3) is 0 Å². The van der Waals surface area contributed by atoms with E-state index in [0.29, 0.717) is 12.1 Å². The third-order valence-corrected chi connectivity index (χ3v) is 1.92. The average molecular weight is 168 g/mol. The first-order valence-corrected chi connectivity index (χ1v) is 4.41. The Morgan fingerprint density at radius 3 is 1.58 bits per heavy atom. The third-order valence-electron chi connectivity index (χ3n) is 1.92. The minimum absolute atomic E-state index is 0.461. The first-order valence-electron chi connectivity index (χ1n) is 4.41. The van der Waals surface area contributed by atoms with Gasteiger partial charge in [0, 0.05) is 25.2 Å². The van der Waals surface area contributed by atoms with Crippen LogP contribution in [-0.4, -0.2) is 25.2 Å². The van der Waals surface area contributed by atoms with Crippen LogP contribution in [0.1, 0.15) is 13.8 Å². The summed E-state index contributed by atoms with van der Waals surface area (Å²) in [5.74, 6) is 0. The van der Waals surface area contributed by atoms with Gasteiger partial charge in [0.15, 0.2) is 0 Å². The maximum atomic E-state index is 3.66. The number of hydrogen-bond acceptors (Lipinski definition) is 2. The fourth-order valence-corrected chi connectivity index (χ4v) is 0.892. The molecule has 70 valence electrons. The second-order valence-electron chi connectivity index (χ2n) is 2.97. The van der Waals surface area contributed by atoms with Crippen molar-refractivity contribution in [3.8, 4) is 0 Å². The second kappa shape index (κ2) is 7.07. The molecular formula is C10H20N2. The summed E-state index contributed by atoms with van der Waals surface area (Å²) in [4.78, 5) is 0. The zero-order valence-corrected chi connectivity index (χ0v) is 8.14. The van der Waals surface area contributed by atoms with E-state index in [1.807, 2.05) is 12.2 Å². The Kier molecular flexibility index (Phi) is 6.72. The van der Waals surface area contributed by atoms with E-state index in [4.69, 9.17) is 0 Å². The fraction of sp³-hybridized carbons (Fsp3) is 0.600. The van der Waals surface area contributed by atoms with Crippen molar-refractivity contribution in [1.29, 1.82) is 0 Å². The summed E-state index contributed by atoms with van der Waals surface area (Å²) in [5, 5.41) is 6.65. The molecule has 0 heterocycles. The van der Waals surface area contributed by atoms with Crippen LogP contribution in [0.15, 0.2) is 25.3 Å². The largest absolute Gasteiger partial charge is 0.309 e. The minimum atomic E-state index is 0.461. The predicted octanol–water partition coefficient (Wildman–Crippen LogP) is 1.31. The Hall–Kier alpha value is -0.600. The second-order valence-corrected chi connectivity index (χ2v) is 2.97. The van der Waals surface area contributed by atoms with E-state index < -0.39 is 0 Å². The molecule has 0 spiro atoms. The first-order chi connectivity index (χ1) is 5.72. The lowest BCUT2D eigenvalue weighted by Crippen LogP contribution is -2.44. The van der Waals surface area contributed by atoms with Crippen LogP contribution in [0.2, 0.25) is 0 Å². The summed E-state index contributed by atoms with van der Waals surface area (Å²) >= 11 is 0. The van der Waals surface area contributed by atoms with Crippen molar-refractivity contribution in [2.45, 2.75) is 25.9 Å². The van der Waals surface area contributed by atoms with Crippen LogP contribution >= 0.6 is 0 Å². The molecule has 0 saturated carbocycles. The SMILES string of the molecule is C=CCNC(C)C(C)NCC=C. The Labute approximate surface area is 75.7 Å². The van der Waals surface area contributed by atoms with Crippen molar-refractivity contribution in [3.05, 3.63) is 25.3 Å². The van der Waals surface area contributed by atoms with Crippen molar-refractivity contribution in [1.82, 2.24) is 10.6 Å². The van der Waals surface area contributed by atoms with Crippen molar-refractivity contribution < 1.29 is 0 Å². The van der Waals surface area contributed by atoms with E-state index in [1.54, 1.807) is 0 Å². The van der Waals surface area contributed by atoms with Crippen LogP contribution in [0.3, 0.4) is 0 Å². The molecule has 2 nitrogen and oxygen atoms in total. The zero-order valence-electron chi connectivity index (χ0n) is 8.14.